The number of nitrogens with one attached hydrogen (secondary N) is 2. The third kappa shape index (κ3) is 8.06. The first-order valence-corrected chi connectivity index (χ1v) is 11.1. The van der Waals surface area contributed by atoms with Crippen LogP contribution in [-0.2, 0) is 6.54 Å². The lowest BCUT2D eigenvalue weighted by molar-refractivity contribution is 0.134. The number of halogens is 1. The Balaban J connectivity index is 0.00000300. The molecule has 2 heterocycles. The number of likely N-dealkylation sites (tertiary alicyclic amines) is 2. The largest absolute Gasteiger partial charge is 0.356 e. The van der Waals surface area contributed by atoms with Gasteiger partial charge in [-0.3, -0.25) is 9.89 Å². The van der Waals surface area contributed by atoms with E-state index in [4.69, 9.17) is 0 Å². The summed E-state index contributed by atoms with van der Waals surface area (Å²) >= 11 is 0. The van der Waals surface area contributed by atoms with E-state index in [2.05, 4.69) is 69.7 Å². The minimum Gasteiger partial charge on any atom is -0.356 e. The summed E-state index contributed by atoms with van der Waals surface area (Å²) < 4.78 is 0. The van der Waals surface area contributed by atoms with Gasteiger partial charge < -0.3 is 15.5 Å². The number of nitrogens with zero attached hydrogens (tertiary/aromatic N) is 3. The third-order valence-corrected chi connectivity index (χ3v) is 6.49. The maximum Gasteiger partial charge on any atom is 0.191 e. The van der Waals surface area contributed by atoms with Crippen molar-refractivity contribution in [2.24, 2.45) is 10.9 Å². The Morgan fingerprint density at radius 1 is 1.10 bits per heavy atom. The third-order valence-electron chi connectivity index (χ3n) is 6.49. The molecule has 2 N–H and O–H groups in total. The lowest BCUT2D eigenvalue weighted by Crippen LogP contribution is -2.51. The van der Waals surface area contributed by atoms with Gasteiger partial charge in [-0.05, 0) is 70.6 Å². The van der Waals surface area contributed by atoms with Crippen LogP contribution < -0.4 is 10.6 Å². The molecule has 0 saturated carbocycles. The van der Waals surface area contributed by atoms with Crippen LogP contribution in [0.2, 0.25) is 0 Å². The standard InChI is InChI=1S/C23H39N5.HI/c1-19-17-22(12-16-28(19)18-21-7-5-4-6-8-21)26-23(24-2)25-13-9-20-10-14-27(3)15-11-20;/h4-8,19-20,22H,9-18H2,1-3H3,(H2,24,25,26);1H. The van der Waals surface area contributed by atoms with Crippen molar-refractivity contribution in [1.29, 1.82) is 0 Å². The summed E-state index contributed by atoms with van der Waals surface area (Å²) in [6.07, 6.45) is 6.26. The molecule has 0 aromatic heterocycles. The van der Waals surface area contributed by atoms with Gasteiger partial charge >= 0.3 is 0 Å². The van der Waals surface area contributed by atoms with E-state index in [9.17, 15) is 0 Å². The van der Waals surface area contributed by atoms with Crippen LogP contribution in [0.3, 0.4) is 0 Å². The summed E-state index contributed by atoms with van der Waals surface area (Å²) in [5, 5.41) is 7.22. The van der Waals surface area contributed by atoms with Gasteiger partial charge in [0.05, 0.1) is 0 Å². The Kier molecular flexibility index (Phi) is 10.7. The predicted molar refractivity (Wildman–Crippen MR) is 134 cm³/mol. The molecule has 2 aliphatic heterocycles. The van der Waals surface area contributed by atoms with Crippen LogP contribution in [0.5, 0.6) is 0 Å². The van der Waals surface area contributed by atoms with Gasteiger partial charge in [0.15, 0.2) is 5.96 Å². The molecule has 6 heteroatoms. The fourth-order valence-electron chi connectivity index (χ4n) is 4.54. The van der Waals surface area contributed by atoms with Crippen molar-refractivity contribution in [2.75, 3.05) is 40.3 Å². The number of rotatable bonds is 6. The first kappa shape index (κ1) is 24.4. The van der Waals surface area contributed by atoms with E-state index in [1.807, 2.05) is 7.05 Å². The van der Waals surface area contributed by atoms with Crippen LogP contribution in [0.25, 0.3) is 0 Å². The summed E-state index contributed by atoms with van der Waals surface area (Å²) in [6.45, 7) is 8.07. The number of guanidine groups is 1. The SMILES string of the molecule is CN=C(NCCC1CCN(C)CC1)NC1CCN(Cc2ccccc2)C(C)C1.I. The number of hydrogen-bond acceptors (Lipinski definition) is 3. The highest BCUT2D eigenvalue weighted by atomic mass is 127. The second-order valence-electron chi connectivity index (χ2n) is 8.71. The van der Waals surface area contributed by atoms with Crippen molar-refractivity contribution in [2.45, 2.75) is 57.7 Å². The summed E-state index contributed by atoms with van der Waals surface area (Å²) in [4.78, 5) is 9.50. The minimum absolute atomic E-state index is 0. The number of hydrogen-bond donors (Lipinski definition) is 2. The molecule has 2 fully saturated rings. The molecule has 3 rings (SSSR count). The van der Waals surface area contributed by atoms with E-state index in [0.717, 1.165) is 31.5 Å². The molecule has 0 spiro atoms. The zero-order valence-corrected chi connectivity index (χ0v) is 20.8. The average Bonchev–Trinajstić information content (AvgIpc) is 2.71. The fourth-order valence-corrected chi connectivity index (χ4v) is 4.54. The van der Waals surface area contributed by atoms with Crippen molar-refractivity contribution < 1.29 is 0 Å². The smallest absolute Gasteiger partial charge is 0.191 e. The topological polar surface area (TPSA) is 42.9 Å². The Labute approximate surface area is 194 Å². The molecule has 2 saturated heterocycles. The molecule has 0 amide bonds. The maximum absolute atomic E-state index is 4.46. The average molecular weight is 514 g/mol. The summed E-state index contributed by atoms with van der Waals surface area (Å²) in [6, 6.07) is 11.9. The van der Waals surface area contributed by atoms with E-state index >= 15 is 0 Å². The summed E-state index contributed by atoms with van der Waals surface area (Å²) in [5.41, 5.74) is 1.41. The highest BCUT2D eigenvalue weighted by Gasteiger charge is 2.26. The molecule has 0 aliphatic carbocycles. The number of aliphatic imine (C=N–C) groups is 1. The quantitative estimate of drug-likeness (QED) is 0.347. The van der Waals surface area contributed by atoms with Gasteiger partial charge in [0.25, 0.3) is 0 Å². The monoisotopic (exact) mass is 513 g/mol. The first-order chi connectivity index (χ1) is 13.6. The number of piperidine rings is 2. The van der Waals surface area contributed by atoms with Crippen LogP contribution in [0.4, 0.5) is 0 Å². The molecular weight excluding hydrogens is 473 g/mol. The van der Waals surface area contributed by atoms with Crippen LogP contribution in [0, 0.1) is 5.92 Å². The Bertz CT molecular complexity index is 601. The van der Waals surface area contributed by atoms with Crippen molar-refractivity contribution in [1.82, 2.24) is 20.4 Å². The summed E-state index contributed by atoms with van der Waals surface area (Å²) in [7, 11) is 4.12. The van der Waals surface area contributed by atoms with Crippen molar-refractivity contribution in [3.8, 4) is 0 Å². The second kappa shape index (κ2) is 12.7. The molecule has 1 aromatic carbocycles. The Hall–Kier alpha value is -0.860. The molecule has 5 nitrogen and oxygen atoms in total. The van der Waals surface area contributed by atoms with Crippen LogP contribution in [-0.4, -0.2) is 68.1 Å². The normalized spacial score (nSPS) is 24.7. The molecule has 0 radical (unpaired) electrons. The van der Waals surface area contributed by atoms with E-state index in [-0.39, 0.29) is 24.0 Å². The first-order valence-electron chi connectivity index (χ1n) is 11.1. The van der Waals surface area contributed by atoms with Crippen molar-refractivity contribution in [3.63, 3.8) is 0 Å². The number of benzene rings is 1. The molecule has 2 atom stereocenters. The van der Waals surface area contributed by atoms with Crippen LogP contribution >= 0.6 is 24.0 Å². The maximum atomic E-state index is 4.46. The molecule has 164 valence electrons. The van der Waals surface area contributed by atoms with Gasteiger partial charge in [-0.25, -0.2) is 0 Å². The molecule has 1 aromatic rings. The van der Waals surface area contributed by atoms with Gasteiger partial charge in [-0.2, -0.15) is 0 Å². The van der Waals surface area contributed by atoms with Gasteiger partial charge in [-0.15, -0.1) is 24.0 Å². The molecule has 2 aliphatic rings. The molecule has 29 heavy (non-hydrogen) atoms. The lowest BCUT2D eigenvalue weighted by atomic mass is 9.94. The van der Waals surface area contributed by atoms with E-state index in [0.29, 0.717) is 12.1 Å². The Morgan fingerprint density at radius 2 is 1.83 bits per heavy atom. The molecule has 0 bridgehead atoms. The summed E-state index contributed by atoms with van der Waals surface area (Å²) in [5.74, 6) is 1.84. The van der Waals surface area contributed by atoms with E-state index in [1.165, 1.54) is 50.8 Å². The van der Waals surface area contributed by atoms with Crippen molar-refractivity contribution >= 4 is 29.9 Å². The van der Waals surface area contributed by atoms with Crippen LogP contribution in [0.15, 0.2) is 35.3 Å². The van der Waals surface area contributed by atoms with E-state index < -0.39 is 0 Å². The van der Waals surface area contributed by atoms with E-state index in [1.54, 1.807) is 0 Å². The lowest BCUT2D eigenvalue weighted by Gasteiger charge is -2.38. The highest BCUT2D eigenvalue weighted by Crippen LogP contribution is 2.20. The van der Waals surface area contributed by atoms with Crippen molar-refractivity contribution in [3.05, 3.63) is 35.9 Å². The Morgan fingerprint density at radius 3 is 2.48 bits per heavy atom. The zero-order valence-electron chi connectivity index (χ0n) is 18.4. The van der Waals surface area contributed by atoms with Gasteiger partial charge in [0.1, 0.15) is 0 Å². The minimum atomic E-state index is 0. The molecule has 2 unspecified atom stereocenters. The second-order valence-corrected chi connectivity index (χ2v) is 8.71. The highest BCUT2D eigenvalue weighted by molar-refractivity contribution is 14.0. The van der Waals surface area contributed by atoms with Crippen LogP contribution in [0.1, 0.15) is 44.6 Å². The fraction of sp³-hybridized carbons (Fsp3) is 0.696. The van der Waals surface area contributed by atoms with Gasteiger partial charge in [0, 0.05) is 38.8 Å². The van der Waals surface area contributed by atoms with Gasteiger partial charge in [0.2, 0.25) is 0 Å². The molecular formula is C23H40IN5. The van der Waals surface area contributed by atoms with Gasteiger partial charge in [-0.1, -0.05) is 30.3 Å². The predicted octanol–water partition coefficient (Wildman–Crippen LogP) is 3.55. The zero-order chi connectivity index (χ0) is 19.8.